The first-order valence-corrected chi connectivity index (χ1v) is 6.55. The summed E-state index contributed by atoms with van der Waals surface area (Å²) in [6, 6.07) is 1.18. The van der Waals surface area contributed by atoms with Gasteiger partial charge in [0.1, 0.15) is 0 Å². The summed E-state index contributed by atoms with van der Waals surface area (Å²) in [5.74, 6) is 0. The third-order valence-corrected chi connectivity index (χ3v) is 3.46. The second kappa shape index (κ2) is 5.48. The van der Waals surface area contributed by atoms with E-state index in [4.69, 9.17) is 0 Å². The van der Waals surface area contributed by atoms with Gasteiger partial charge in [0.05, 0.1) is 12.2 Å². The Morgan fingerprint density at radius 1 is 1.44 bits per heavy atom. The molecule has 0 aromatic carbocycles. The minimum Gasteiger partial charge on any atom is -0.312 e. The van der Waals surface area contributed by atoms with Gasteiger partial charge in [0.2, 0.25) is 0 Å². The zero-order valence-corrected chi connectivity index (χ0v) is 10.4. The van der Waals surface area contributed by atoms with Gasteiger partial charge in [-0.2, -0.15) is 5.10 Å². The molecule has 1 heterocycles. The third-order valence-electron chi connectivity index (χ3n) is 3.46. The average molecular weight is 221 g/mol. The Labute approximate surface area is 98.2 Å². The Morgan fingerprint density at radius 3 is 2.94 bits per heavy atom. The molecular formula is C13H23N3. The molecule has 1 fully saturated rings. The van der Waals surface area contributed by atoms with Crippen molar-refractivity contribution in [1.82, 2.24) is 15.1 Å². The minimum atomic E-state index is 0.564. The van der Waals surface area contributed by atoms with Crippen molar-refractivity contribution in [2.24, 2.45) is 0 Å². The van der Waals surface area contributed by atoms with E-state index in [2.05, 4.69) is 35.1 Å². The van der Waals surface area contributed by atoms with Crippen molar-refractivity contribution in [3.05, 3.63) is 18.0 Å². The fourth-order valence-corrected chi connectivity index (χ4v) is 2.61. The molecule has 0 radical (unpaired) electrons. The van der Waals surface area contributed by atoms with Gasteiger partial charge in [-0.15, -0.1) is 0 Å². The van der Waals surface area contributed by atoms with Crippen molar-refractivity contribution in [3.8, 4) is 0 Å². The number of rotatable bonds is 4. The number of aromatic nitrogens is 2. The van der Waals surface area contributed by atoms with Gasteiger partial charge in [-0.25, -0.2) is 0 Å². The van der Waals surface area contributed by atoms with E-state index in [-0.39, 0.29) is 0 Å². The lowest BCUT2D eigenvalue weighted by Crippen LogP contribution is -2.40. The van der Waals surface area contributed by atoms with Gasteiger partial charge in [-0.3, -0.25) is 4.68 Å². The maximum absolute atomic E-state index is 4.47. The molecule has 1 aromatic rings. The normalized spacial score (nSPS) is 25.9. The van der Waals surface area contributed by atoms with Crippen LogP contribution in [0.5, 0.6) is 0 Å². The highest BCUT2D eigenvalue weighted by atomic mass is 15.3. The summed E-state index contributed by atoms with van der Waals surface area (Å²) in [7, 11) is 0. The Hall–Kier alpha value is -0.830. The number of nitrogens with zero attached hydrogens (tertiary/aromatic N) is 2. The molecule has 0 saturated heterocycles. The van der Waals surface area contributed by atoms with Gasteiger partial charge in [-0.1, -0.05) is 19.8 Å². The standard InChI is InChI=1S/C13H23N3/c1-3-8-14-12-6-4-5-7-13(12)16-10-11(2)9-15-16/h9-10,12-14H,3-8H2,1-2H3. The average Bonchev–Trinajstić information content (AvgIpc) is 2.73. The minimum absolute atomic E-state index is 0.564. The zero-order valence-electron chi connectivity index (χ0n) is 10.4. The van der Waals surface area contributed by atoms with Gasteiger partial charge >= 0.3 is 0 Å². The van der Waals surface area contributed by atoms with Crippen LogP contribution in [0.1, 0.15) is 50.6 Å². The van der Waals surface area contributed by atoms with E-state index < -0.39 is 0 Å². The van der Waals surface area contributed by atoms with Crippen LogP contribution in [0.3, 0.4) is 0 Å². The first kappa shape index (κ1) is 11.6. The van der Waals surface area contributed by atoms with Crippen molar-refractivity contribution in [3.63, 3.8) is 0 Å². The van der Waals surface area contributed by atoms with Crippen LogP contribution in [0.15, 0.2) is 12.4 Å². The number of aryl methyl sites for hydroxylation is 1. The van der Waals surface area contributed by atoms with E-state index in [1.807, 2.05) is 6.20 Å². The zero-order chi connectivity index (χ0) is 11.4. The van der Waals surface area contributed by atoms with Crippen LogP contribution in [-0.2, 0) is 0 Å². The highest BCUT2D eigenvalue weighted by Crippen LogP contribution is 2.28. The summed E-state index contributed by atoms with van der Waals surface area (Å²) < 4.78 is 2.17. The molecule has 90 valence electrons. The van der Waals surface area contributed by atoms with Gasteiger partial charge in [0.25, 0.3) is 0 Å². The van der Waals surface area contributed by atoms with Crippen molar-refractivity contribution in [2.45, 2.75) is 58.0 Å². The molecule has 1 saturated carbocycles. The summed E-state index contributed by atoms with van der Waals surface area (Å²) in [5, 5.41) is 8.14. The molecule has 0 amide bonds. The van der Waals surface area contributed by atoms with Crippen molar-refractivity contribution in [2.75, 3.05) is 6.54 Å². The molecule has 16 heavy (non-hydrogen) atoms. The largest absolute Gasteiger partial charge is 0.312 e. The van der Waals surface area contributed by atoms with Crippen LogP contribution >= 0.6 is 0 Å². The fourth-order valence-electron chi connectivity index (χ4n) is 2.61. The molecule has 1 aliphatic carbocycles. The van der Waals surface area contributed by atoms with E-state index in [9.17, 15) is 0 Å². The Bertz CT molecular complexity index is 319. The molecule has 1 aliphatic rings. The Morgan fingerprint density at radius 2 is 2.25 bits per heavy atom. The summed E-state index contributed by atoms with van der Waals surface area (Å²) in [4.78, 5) is 0. The lowest BCUT2D eigenvalue weighted by atomic mass is 9.90. The van der Waals surface area contributed by atoms with Crippen molar-refractivity contribution < 1.29 is 0 Å². The number of hydrogen-bond donors (Lipinski definition) is 1. The molecule has 3 nitrogen and oxygen atoms in total. The summed E-state index contributed by atoms with van der Waals surface area (Å²) in [6.45, 7) is 5.46. The Kier molecular flexibility index (Phi) is 3.99. The first-order valence-electron chi connectivity index (χ1n) is 6.55. The SMILES string of the molecule is CCCNC1CCCCC1n1cc(C)cn1. The topological polar surface area (TPSA) is 29.9 Å². The molecule has 2 atom stereocenters. The molecule has 1 aromatic heterocycles. The molecule has 0 spiro atoms. The maximum Gasteiger partial charge on any atom is 0.0672 e. The van der Waals surface area contributed by atoms with Crippen LogP contribution in [0.2, 0.25) is 0 Å². The van der Waals surface area contributed by atoms with Crippen molar-refractivity contribution >= 4 is 0 Å². The number of nitrogens with one attached hydrogen (secondary N) is 1. The van der Waals surface area contributed by atoms with Crippen LogP contribution in [0, 0.1) is 6.92 Å². The smallest absolute Gasteiger partial charge is 0.0672 e. The molecule has 2 unspecified atom stereocenters. The number of hydrogen-bond acceptors (Lipinski definition) is 2. The molecular weight excluding hydrogens is 198 g/mol. The molecule has 0 aliphatic heterocycles. The van der Waals surface area contributed by atoms with E-state index in [0.29, 0.717) is 12.1 Å². The second-order valence-corrected chi connectivity index (χ2v) is 4.91. The molecule has 3 heteroatoms. The predicted molar refractivity (Wildman–Crippen MR) is 66.6 cm³/mol. The molecule has 2 rings (SSSR count). The second-order valence-electron chi connectivity index (χ2n) is 4.91. The third kappa shape index (κ3) is 2.64. The first-order chi connectivity index (χ1) is 7.81. The monoisotopic (exact) mass is 221 g/mol. The maximum atomic E-state index is 4.47. The van der Waals surface area contributed by atoms with Gasteiger partial charge in [0.15, 0.2) is 0 Å². The van der Waals surface area contributed by atoms with Crippen LogP contribution in [0.4, 0.5) is 0 Å². The van der Waals surface area contributed by atoms with Gasteiger partial charge in [0, 0.05) is 12.2 Å². The Balaban J connectivity index is 2.04. The highest BCUT2D eigenvalue weighted by molar-refractivity contribution is 5.02. The van der Waals surface area contributed by atoms with E-state index in [1.54, 1.807) is 0 Å². The molecule has 1 N–H and O–H groups in total. The highest BCUT2D eigenvalue weighted by Gasteiger charge is 2.26. The van der Waals surface area contributed by atoms with E-state index in [0.717, 1.165) is 6.54 Å². The quantitative estimate of drug-likeness (QED) is 0.847. The molecule has 0 bridgehead atoms. The predicted octanol–water partition coefficient (Wildman–Crippen LogP) is 2.67. The van der Waals surface area contributed by atoms with Crippen molar-refractivity contribution in [1.29, 1.82) is 0 Å². The van der Waals surface area contributed by atoms with Crippen LogP contribution in [-0.4, -0.2) is 22.4 Å². The summed E-state index contributed by atoms with van der Waals surface area (Å²) in [5.41, 5.74) is 1.26. The lowest BCUT2D eigenvalue weighted by molar-refractivity contribution is 0.247. The fraction of sp³-hybridized carbons (Fsp3) is 0.769. The van der Waals surface area contributed by atoms with E-state index >= 15 is 0 Å². The summed E-state index contributed by atoms with van der Waals surface area (Å²) >= 11 is 0. The summed E-state index contributed by atoms with van der Waals surface area (Å²) in [6.07, 6.45) is 10.6. The van der Waals surface area contributed by atoms with Gasteiger partial charge in [-0.05, 0) is 38.3 Å². The van der Waals surface area contributed by atoms with Crippen LogP contribution in [0.25, 0.3) is 0 Å². The van der Waals surface area contributed by atoms with E-state index in [1.165, 1.54) is 37.7 Å². The van der Waals surface area contributed by atoms with Gasteiger partial charge < -0.3 is 5.32 Å². The van der Waals surface area contributed by atoms with Crippen LogP contribution < -0.4 is 5.32 Å². The lowest BCUT2D eigenvalue weighted by Gasteiger charge is -2.32.